The summed E-state index contributed by atoms with van der Waals surface area (Å²) in [6, 6.07) is 0. The molecule has 0 amide bonds. The topological polar surface area (TPSA) is 80.3 Å². The van der Waals surface area contributed by atoms with Gasteiger partial charge in [0.05, 0.1) is 0 Å². The number of allylic oxidation sites excluding steroid dienone is 2. The third-order valence-electron chi connectivity index (χ3n) is 5.83. The molecule has 0 aromatic rings. The van der Waals surface area contributed by atoms with Crippen LogP contribution in [0.3, 0.4) is 0 Å². The summed E-state index contributed by atoms with van der Waals surface area (Å²) >= 11 is 0. The van der Waals surface area contributed by atoms with Crippen molar-refractivity contribution in [1.29, 1.82) is 0 Å². The van der Waals surface area contributed by atoms with Crippen molar-refractivity contribution in [3.8, 4) is 0 Å². The van der Waals surface area contributed by atoms with Gasteiger partial charge in [0, 0.05) is 22.8 Å². The molecule has 0 aromatic heterocycles. The summed E-state index contributed by atoms with van der Waals surface area (Å²) in [4.78, 5) is 24.6. The van der Waals surface area contributed by atoms with Crippen molar-refractivity contribution < 1.29 is 19.8 Å². The molecule has 2 aliphatic rings. The second-order valence-corrected chi connectivity index (χ2v) is 8.52. The van der Waals surface area contributed by atoms with E-state index in [1.807, 2.05) is 12.2 Å². The molecule has 0 radical (unpaired) electrons. The van der Waals surface area contributed by atoms with E-state index in [9.17, 15) is 19.8 Å². The molecule has 0 aromatic carbocycles. The van der Waals surface area contributed by atoms with Crippen LogP contribution in [0.5, 0.6) is 0 Å². The number of carboxylic acids is 2. The highest BCUT2D eigenvalue weighted by molar-refractivity contribution is 5.89. The highest BCUT2D eigenvalue weighted by atomic mass is 16.4. The number of carboxylic acid groups (broad SMARTS) is 2. The van der Waals surface area contributed by atoms with E-state index in [-0.39, 0.29) is 11.8 Å². The molecule has 2 aliphatic carbocycles. The summed E-state index contributed by atoms with van der Waals surface area (Å²) < 4.78 is 0. The van der Waals surface area contributed by atoms with Crippen molar-refractivity contribution in [2.45, 2.75) is 48.0 Å². The maximum absolute atomic E-state index is 12.3. The number of hydrogen-bond acceptors (Lipinski definition) is 4. The molecule has 0 heterocycles. The lowest BCUT2D eigenvalue weighted by Gasteiger charge is -2.64. The van der Waals surface area contributed by atoms with Crippen molar-refractivity contribution in [3.63, 3.8) is 0 Å². The lowest BCUT2D eigenvalue weighted by atomic mass is 9.41. The smallest absolute Gasteiger partial charge is 0.0497 e. The Morgan fingerprint density at radius 3 is 1.33 bits per heavy atom. The summed E-state index contributed by atoms with van der Waals surface area (Å²) in [5.41, 5.74) is -4.47. The Hall–Kier alpha value is -1.32. The van der Waals surface area contributed by atoms with Crippen molar-refractivity contribution in [3.05, 3.63) is 12.2 Å². The molecule has 4 unspecified atom stereocenters. The van der Waals surface area contributed by atoms with Gasteiger partial charge in [0.1, 0.15) is 0 Å². The summed E-state index contributed by atoms with van der Waals surface area (Å²) in [5, 5.41) is 24.6. The summed E-state index contributed by atoms with van der Waals surface area (Å²) in [7, 11) is 0. The number of carbonyl (C=O) groups excluding carboxylic acids is 2. The largest absolute Gasteiger partial charge is 0.549 e. The van der Waals surface area contributed by atoms with Crippen LogP contribution in [0.1, 0.15) is 48.0 Å². The maximum atomic E-state index is 12.3. The number of carbonyl (C=O) groups is 2. The van der Waals surface area contributed by atoms with E-state index in [0.717, 1.165) is 0 Å². The van der Waals surface area contributed by atoms with Gasteiger partial charge in [0.15, 0.2) is 0 Å². The average Bonchev–Trinajstić information content (AvgIpc) is 2.81. The van der Waals surface area contributed by atoms with E-state index < -0.39 is 33.6 Å². The molecule has 2 bridgehead atoms. The first-order chi connectivity index (χ1) is 9.35. The van der Waals surface area contributed by atoms with Crippen LogP contribution in [0.4, 0.5) is 0 Å². The van der Waals surface area contributed by atoms with Crippen molar-refractivity contribution in [2.24, 2.45) is 33.5 Å². The second kappa shape index (κ2) is 4.11. The van der Waals surface area contributed by atoms with Gasteiger partial charge in [0.2, 0.25) is 0 Å². The third kappa shape index (κ3) is 1.51. The summed E-state index contributed by atoms with van der Waals surface area (Å²) in [6.07, 6.45) is 4.26. The van der Waals surface area contributed by atoms with Gasteiger partial charge in [0.25, 0.3) is 0 Å². The molecular weight excluding hydrogens is 268 g/mol. The van der Waals surface area contributed by atoms with E-state index in [1.54, 1.807) is 41.5 Å². The Balaban J connectivity index is 2.93. The fourth-order valence-electron chi connectivity index (χ4n) is 5.46. The normalized spacial score (nSPS) is 38.8. The highest BCUT2D eigenvalue weighted by Gasteiger charge is 2.74. The van der Waals surface area contributed by atoms with E-state index in [2.05, 4.69) is 0 Å². The Bertz CT molecular complexity index is 474. The summed E-state index contributed by atoms with van der Waals surface area (Å²) in [6.45, 7) is 10.8. The maximum Gasteiger partial charge on any atom is 0.0497 e. The lowest BCUT2D eigenvalue weighted by molar-refractivity contribution is -0.361. The zero-order valence-corrected chi connectivity index (χ0v) is 13.6. The van der Waals surface area contributed by atoms with Gasteiger partial charge < -0.3 is 19.8 Å². The summed E-state index contributed by atoms with van der Waals surface area (Å²) in [5.74, 6) is -3.20. The van der Waals surface area contributed by atoms with Gasteiger partial charge in [-0.2, -0.15) is 0 Å². The van der Waals surface area contributed by atoms with Gasteiger partial charge in [-0.05, 0) is 29.1 Å². The minimum absolute atomic E-state index is 0.329. The Morgan fingerprint density at radius 1 is 0.857 bits per heavy atom. The van der Waals surface area contributed by atoms with Gasteiger partial charge in [-0.1, -0.05) is 53.7 Å². The molecule has 1 fully saturated rings. The van der Waals surface area contributed by atoms with Crippen LogP contribution in [0.2, 0.25) is 0 Å². The van der Waals surface area contributed by atoms with Gasteiger partial charge in [-0.15, -0.1) is 0 Å². The molecule has 4 nitrogen and oxygen atoms in total. The molecule has 0 aliphatic heterocycles. The Morgan fingerprint density at radius 2 is 1.14 bits per heavy atom. The predicted molar refractivity (Wildman–Crippen MR) is 74.5 cm³/mol. The number of aliphatic carboxylic acids is 2. The van der Waals surface area contributed by atoms with E-state index >= 15 is 0 Å². The fourth-order valence-corrected chi connectivity index (χ4v) is 5.46. The number of hydrogen-bond donors (Lipinski definition) is 0. The molecule has 0 saturated heterocycles. The second-order valence-electron chi connectivity index (χ2n) is 8.52. The lowest BCUT2D eigenvalue weighted by Crippen LogP contribution is -2.71. The molecule has 4 heteroatoms. The molecular formula is C17H24O4-2. The molecule has 0 spiro atoms. The average molecular weight is 292 g/mol. The highest BCUT2D eigenvalue weighted by Crippen LogP contribution is 2.74. The van der Waals surface area contributed by atoms with Crippen molar-refractivity contribution in [2.75, 3.05) is 0 Å². The van der Waals surface area contributed by atoms with Gasteiger partial charge in [-0.25, -0.2) is 0 Å². The molecule has 0 N–H and O–H groups in total. The molecule has 1 saturated carbocycles. The van der Waals surface area contributed by atoms with Crippen LogP contribution in [-0.2, 0) is 9.59 Å². The first kappa shape index (κ1) is 16.1. The van der Waals surface area contributed by atoms with E-state index in [1.165, 1.54) is 0 Å². The molecule has 21 heavy (non-hydrogen) atoms. The van der Waals surface area contributed by atoms with Crippen molar-refractivity contribution in [1.82, 2.24) is 0 Å². The quantitative estimate of drug-likeness (QED) is 0.704. The minimum atomic E-state index is -1.48. The third-order valence-corrected chi connectivity index (χ3v) is 5.83. The van der Waals surface area contributed by atoms with Gasteiger partial charge >= 0.3 is 0 Å². The van der Waals surface area contributed by atoms with Crippen LogP contribution < -0.4 is 10.2 Å². The molecule has 4 atom stereocenters. The van der Waals surface area contributed by atoms with Gasteiger partial charge in [-0.3, -0.25) is 0 Å². The monoisotopic (exact) mass is 292 g/mol. The zero-order valence-electron chi connectivity index (χ0n) is 13.6. The molecule has 118 valence electrons. The Kier molecular flexibility index (Phi) is 3.14. The van der Waals surface area contributed by atoms with E-state index in [4.69, 9.17) is 0 Å². The van der Waals surface area contributed by atoms with E-state index in [0.29, 0.717) is 6.42 Å². The number of fused-ring (bicyclic) bond motifs is 2. The van der Waals surface area contributed by atoms with Crippen molar-refractivity contribution >= 4 is 11.9 Å². The van der Waals surface area contributed by atoms with Crippen LogP contribution >= 0.6 is 0 Å². The minimum Gasteiger partial charge on any atom is -0.549 e. The predicted octanol–water partition coefficient (Wildman–Crippen LogP) is 0.757. The first-order valence-corrected chi connectivity index (χ1v) is 7.46. The van der Waals surface area contributed by atoms with Crippen LogP contribution in [0, 0.1) is 33.5 Å². The standard InChI is InChI=1S/C17H26O4/c1-14(2,3)16(12(18)19)10-7-8-11(9-10)17(16,13(20)21)15(4,5)6/h7-8,10-11H,9H2,1-6H3,(H,18,19)(H,20,21)/p-2. The SMILES string of the molecule is CC(C)(C)C1(C(=O)[O-])C2C=CC(C2)C1(C(=O)[O-])C(C)(C)C. The zero-order chi connectivity index (χ0) is 16.4. The number of rotatable bonds is 2. The van der Waals surface area contributed by atoms with Crippen LogP contribution in [0.15, 0.2) is 12.2 Å². The first-order valence-electron chi connectivity index (χ1n) is 7.46. The molecule has 2 rings (SSSR count). The Labute approximate surface area is 126 Å². The fraction of sp³-hybridized carbons (Fsp3) is 0.765. The van der Waals surface area contributed by atoms with Crippen LogP contribution in [0.25, 0.3) is 0 Å². The van der Waals surface area contributed by atoms with Crippen LogP contribution in [-0.4, -0.2) is 11.9 Å².